The van der Waals surface area contributed by atoms with Crippen LogP contribution in [0.1, 0.15) is 35.3 Å². The van der Waals surface area contributed by atoms with Gasteiger partial charge in [0.1, 0.15) is 5.70 Å². The van der Waals surface area contributed by atoms with Gasteiger partial charge in [0.05, 0.1) is 4.92 Å². The van der Waals surface area contributed by atoms with Crippen LogP contribution in [0.4, 0.5) is 5.69 Å². The number of nitrogens with one attached hydrogen (secondary N) is 2. The first kappa shape index (κ1) is 23.8. The minimum absolute atomic E-state index is 0.0191. The second kappa shape index (κ2) is 11.6. The second-order valence-corrected chi connectivity index (χ2v) is 7.01. The Morgan fingerprint density at radius 1 is 1.10 bits per heavy atom. The Bertz CT molecular complexity index is 950. The van der Waals surface area contributed by atoms with Gasteiger partial charge < -0.3 is 15.5 Å². The first-order chi connectivity index (χ1) is 14.8. The Morgan fingerprint density at radius 2 is 1.77 bits per heavy atom. The zero-order valence-corrected chi connectivity index (χ0v) is 18.1. The van der Waals surface area contributed by atoms with E-state index < -0.39 is 16.7 Å². The van der Waals surface area contributed by atoms with Gasteiger partial charge in [-0.1, -0.05) is 43.7 Å². The van der Waals surface area contributed by atoms with E-state index in [4.69, 9.17) is 0 Å². The van der Waals surface area contributed by atoms with Crippen molar-refractivity contribution in [2.45, 2.75) is 20.8 Å². The van der Waals surface area contributed by atoms with Crippen molar-refractivity contribution in [3.05, 3.63) is 81.0 Å². The molecule has 164 valence electrons. The van der Waals surface area contributed by atoms with Crippen molar-refractivity contribution in [1.29, 1.82) is 0 Å². The molecule has 2 amide bonds. The minimum atomic E-state index is -0.508. The molecule has 2 N–H and O–H groups in total. The first-order valence-corrected chi connectivity index (χ1v) is 10.2. The molecule has 0 saturated carbocycles. The van der Waals surface area contributed by atoms with Crippen LogP contribution in [0.2, 0.25) is 0 Å². The number of likely N-dealkylation sites (N-methyl/N-ethyl adjacent to an activating group) is 1. The third-order valence-corrected chi connectivity index (χ3v) is 4.81. The molecule has 0 radical (unpaired) electrons. The molecule has 0 spiro atoms. The lowest BCUT2D eigenvalue weighted by Crippen LogP contribution is -2.39. The third-order valence-electron chi connectivity index (χ3n) is 4.81. The Balaban J connectivity index is 2.24. The number of aryl methyl sites for hydroxylation is 1. The summed E-state index contributed by atoms with van der Waals surface area (Å²) in [4.78, 5) is 38.2. The SMILES string of the molecule is CCN(CC)CCNC(=O)C(=Cc1cccc([N+](=O)[O-])c1)NC(=O)c1ccc(C)cc1. The lowest BCUT2D eigenvalue weighted by Gasteiger charge is -2.18. The Hall–Kier alpha value is -3.52. The minimum Gasteiger partial charge on any atom is -0.349 e. The molecule has 8 heteroatoms. The molecule has 31 heavy (non-hydrogen) atoms. The summed E-state index contributed by atoms with van der Waals surface area (Å²) in [5.74, 6) is -0.894. The topological polar surface area (TPSA) is 105 Å². The highest BCUT2D eigenvalue weighted by molar-refractivity contribution is 6.05. The summed E-state index contributed by atoms with van der Waals surface area (Å²) in [6, 6.07) is 12.8. The van der Waals surface area contributed by atoms with Crippen molar-refractivity contribution in [1.82, 2.24) is 15.5 Å². The molecule has 2 rings (SSSR count). The van der Waals surface area contributed by atoms with Crippen molar-refractivity contribution in [2.75, 3.05) is 26.2 Å². The number of hydrogen-bond donors (Lipinski definition) is 2. The summed E-state index contributed by atoms with van der Waals surface area (Å²) < 4.78 is 0. The van der Waals surface area contributed by atoms with E-state index in [2.05, 4.69) is 15.5 Å². The van der Waals surface area contributed by atoms with Crippen LogP contribution in [0, 0.1) is 17.0 Å². The lowest BCUT2D eigenvalue weighted by atomic mass is 10.1. The highest BCUT2D eigenvalue weighted by Gasteiger charge is 2.15. The van der Waals surface area contributed by atoms with Crippen LogP contribution in [-0.2, 0) is 4.79 Å². The van der Waals surface area contributed by atoms with Gasteiger partial charge in [0.15, 0.2) is 0 Å². The predicted molar refractivity (Wildman–Crippen MR) is 121 cm³/mol. The maximum atomic E-state index is 12.8. The largest absolute Gasteiger partial charge is 0.349 e. The van der Waals surface area contributed by atoms with E-state index in [1.54, 1.807) is 18.2 Å². The molecule has 0 heterocycles. The molecule has 0 aliphatic heterocycles. The highest BCUT2D eigenvalue weighted by atomic mass is 16.6. The van der Waals surface area contributed by atoms with E-state index in [0.717, 1.165) is 18.7 Å². The fourth-order valence-electron chi connectivity index (χ4n) is 2.92. The number of amides is 2. The fraction of sp³-hybridized carbons (Fsp3) is 0.304. The van der Waals surface area contributed by atoms with Gasteiger partial charge in [-0.05, 0) is 43.8 Å². The molecular formula is C23H28N4O4. The summed E-state index contributed by atoms with van der Waals surface area (Å²) in [5.41, 5.74) is 1.78. The molecule has 0 unspecified atom stereocenters. The summed E-state index contributed by atoms with van der Waals surface area (Å²) in [6.45, 7) is 8.82. The van der Waals surface area contributed by atoms with Crippen LogP contribution in [0.3, 0.4) is 0 Å². The van der Waals surface area contributed by atoms with E-state index >= 15 is 0 Å². The monoisotopic (exact) mass is 424 g/mol. The van der Waals surface area contributed by atoms with Crippen LogP contribution in [0.25, 0.3) is 6.08 Å². The number of non-ortho nitro benzene ring substituents is 1. The Labute approximate surface area is 182 Å². The van der Waals surface area contributed by atoms with Gasteiger partial charge in [-0.15, -0.1) is 0 Å². The van der Waals surface area contributed by atoms with E-state index in [0.29, 0.717) is 24.2 Å². The molecule has 0 bridgehead atoms. The summed E-state index contributed by atoms with van der Waals surface area (Å²) >= 11 is 0. The van der Waals surface area contributed by atoms with Crippen LogP contribution in [0.5, 0.6) is 0 Å². The van der Waals surface area contributed by atoms with Crippen molar-refractivity contribution in [3.8, 4) is 0 Å². The molecule has 2 aromatic carbocycles. The van der Waals surface area contributed by atoms with Gasteiger partial charge in [-0.25, -0.2) is 0 Å². The quantitative estimate of drug-likeness (QED) is 0.346. The average molecular weight is 425 g/mol. The number of hydrogen-bond acceptors (Lipinski definition) is 5. The molecular weight excluding hydrogens is 396 g/mol. The predicted octanol–water partition coefficient (Wildman–Crippen LogP) is 3.13. The van der Waals surface area contributed by atoms with Crippen molar-refractivity contribution in [3.63, 3.8) is 0 Å². The van der Waals surface area contributed by atoms with Crippen LogP contribution in [-0.4, -0.2) is 47.8 Å². The molecule has 8 nitrogen and oxygen atoms in total. The van der Waals surface area contributed by atoms with Crippen LogP contribution < -0.4 is 10.6 Å². The lowest BCUT2D eigenvalue weighted by molar-refractivity contribution is -0.384. The number of carbonyl (C=O) groups excluding carboxylic acids is 2. The standard InChI is InChI=1S/C23H28N4O4/c1-4-26(5-2)14-13-24-23(29)21(16-18-7-6-8-20(15-18)27(30)31)25-22(28)19-11-9-17(3)10-12-19/h6-12,15-16H,4-5,13-14H2,1-3H3,(H,24,29)(H,25,28). The summed E-state index contributed by atoms with van der Waals surface area (Å²) in [6.07, 6.45) is 1.44. The smallest absolute Gasteiger partial charge is 0.270 e. The normalized spacial score (nSPS) is 11.3. The molecule has 0 aliphatic rings. The first-order valence-electron chi connectivity index (χ1n) is 10.2. The second-order valence-electron chi connectivity index (χ2n) is 7.01. The average Bonchev–Trinajstić information content (AvgIpc) is 2.76. The van der Waals surface area contributed by atoms with Gasteiger partial charge >= 0.3 is 0 Å². The molecule has 2 aromatic rings. The summed E-state index contributed by atoms with van der Waals surface area (Å²) in [7, 11) is 0. The van der Waals surface area contributed by atoms with Crippen molar-refractivity contribution >= 4 is 23.6 Å². The Kier molecular flexibility index (Phi) is 8.90. The zero-order valence-electron chi connectivity index (χ0n) is 18.1. The molecule has 0 saturated heterocycles. The van der Waals surface area contributed by atoms with Crippen LogP contribution >= 0.6 is 0 Å². The van der Waals surface area contributed by atoms with Gasteiger partial charge in [-0.3, -0.25) is 19.7 Å². The number of nitro groups is 1. The fourth-order valence-corrected chi connectivity index (χ4v) is 2.92. The van der Waals surface area contributed by atoms with Gasteiger partial charge in [0, 0.05) is 30.8 Å². The van der Waals surface area contributed by atoms with Gasteiger partial charge in [0.2, 0.25) is 0 Å². The number of benzene rings is 2. The number of rotatable bonds is 10. The van der Waals surface area contributed by atoms with E-state index in [1.807, 2.05) is 32.9 Å². The number of carbonyl (C=O) groups is 2. The van der Waals surface area contributed by atoms with Crippen molar-refractivity contribution in [2.24, 2.45) is 0 Å². The van der Waals surface area contributed by atoms with E-state index in [1.165, 1.54) is 24.3 Å². The highest BCUT2D eigenvalue weighted by Crippen LogP contribution is 2.15. The molecule has 0 fully saturated rings. The maximum Gasteiger partial charge on any atom is 0.270 e. The van der Waals surface area contributed by atoms with E-state index in [9.17, 15) is 19.7 Å². The van der Waals surface area contributed by atoms with Crippen LogP contribution in [0.15, 0.2) is 54.2 Å². The molecule has 0 aliphatic carbocycles. The van der Waals surface area contributed by atoms with E-state index in [-0.39, 0.29) is 11.4 Å². The number of nitrogens with zero attached hydrogens (tertiary/aromatic N) is 2. The Morgan fingerprint density at radius 3 is 2.39 bits per heavy atom. The molecule has 0 atom stereocenters. The molecule has 0 aromatic heterocycles. The third kappa shape index (κ3) is 7.35. The summed E-state index contributed by atoms with van der Waals surface area (Å²) in [5, 5.41) is 16.5. The zero-order chi connectivity index (χ0) is 22.8. The van der Waals surface area contributed by atoms with Gasteiger partial charge in [-0.2, -0.15) is 0 Å². The van der Waals surface area contributed by atoms with Gasteiger partial charge in [0.25, 0.3) is 17.5 Å². The number of nitro benzene ring substituents is 1. The maximum absolute atomic E-state index is 12.8. The van der Waals surface area contributed by atoms with Crippen molar-refractivity contribution < 1.29 is 14.5 Å².